The van der Waals surface area contributed by atoms with E-state index in [4.69, 9.17) is 17.3 Å². The molecule has 1 unspecified atom stereocenters. The predicted molar refractivity (Wildman–Crippen MR) is 69.9 cm³/mol. The van der Waals surface area contributed by atoms with Gasteiger partial charge in [-0.15, -0.1) is 0 Å². The van der Waals surface area contributed by atoms with Crippen molar-refractivity contribution in [1.82, 2.24) is 4.57 Å². The van der Waals surface area contributed by atoms with Gasteiger partial charge in [0.1, 0.15) is 0 Å². The third-order valence-corrected chi connectivity index (χ3v) is 3.13. The summed E-state index contributed by atoms with van der Waals surface area (Å²) in [4.78, 5) is 0. The quantitative estimate of drug-likeness (QED) is 0.843. The van der Waals surface area contributed by atoms with Gasteiger partial charge in [-0.2, -0.15) is 0 Å². The summed E-state index contributed by atoms with van der Waals surface area (Å²) in [7, 11) is 0. The van der Waals surface area contributed by atoms with Gasteiger partial charge in [-0.3, -0.25) is 0 Å². The third kappa shape index (κ3) is 1.72. The zero-order chi connectivity index (χ0) is 11.9. The Labute approximate surface area is 101 Å². The summed E-state index contributed by atoms with van der Waals surface area (Å²) in [5.41, 5.74) is 8.23. The highest BCUT2D eigenvalue weighted by Crippen LogP contribution is 2.31. The van der Waals surface area contributed by atoms with E-state index in [1.807, 2.05) is 19.1 Å². The molecule has 1 aromatic heterocycles. The third-order valence-electron chi connectivity index (χ3n) is 2.82. The molecule has 2 rings (SSSR count). The summed E-state index contributed by atoms with van der Waals surface area (Å²) in [5.74, 6) is 0. The number of fused-ring (bicyclic) bond motifs is 1. The Bertz CT molecular complexity index is 512. The Hall–Kier alpha value is -0.990. The molecule has 2 N–H and O–H groups in total. The highest BCUT2D eigenvalue weighted by Gasteiger charge is 2.15. The van der Waals surface area contributed by atoms with Gasteiger partial charge in [0.25, 0.3) is 0 Å². The van der Waals surface area contributed by atoms with E-state index < -0.39 is 0 Å². The summed E-state index contributed by atoms with van der Waals surface area (Å²) in [6.45, 7) is 6.30. The van der Waals surface area contributed by atoms with E-state index in [2.05, 4.69) is 30.5 Å². The molecule has 2 nitrogen and oxygen atoms in total. The van der Waals surface area contributed by atoms with Gasteiger partial charge in [-0.05, 0) is 32.9 Å². The van der Waals surface area contributed by atoms with Crippen molar-refractivity contribution in [1.29, 1.82) is 0 Å². The molecule has 0 saturated carbocycles. The largest absolute Gasteiger partial charge is 0.339 e. The average molecular weight is 237 g/mol. The first-order chi connectivity index (χ1) is 7.52. The number of para-hydroxylation sites is 1. The first-order valence-corrected chi connectivity index (χ1v) is 5.95. The van der Waals surface area contributed by atoms with Crippen LogP contribution in [0.1, 0.15) is 38.5 Å². The molecule has 0 aliphatic heterocycles. The maximum absolute atomic E-state index is 6.26. The van der Waals surface area contributed by atoms with Crippen LogP contribution in [0.5, 0.6) is 0 Å². The molecule has 1 heterocycles. The van der Waals surface area contributed by atoms with E-state index in [-0.39, 0.29) is 6.04 Å². The van der Waals surface area contributed by atoms with Gasteiger partial charge in [0.05, 0.1) is 10.5 Å². The predicted octanol–water partition coefficient (Wildman–Crippen LogP) is 3.90. The van der Waals surface area contributed by atoms with Gasteiger partial charge >= 0.3 is 0 Å². The van der Waals surface area contributed by atoms with Crippen molar-refractivity contribution in [2.45, 2.75) is 32.9 Å². The maximum Gasteiger partial charge on any atom is 0.0674 e. The summed E-state index contributed by atoms with van der Waals surface area (Å²) in [5, 5.41) is 1.95. The van der Waals surface area contributed by atoms with Crippen LogP contribution in [0, 0.1) is 0 Å². The van der Waals surface area contributed by atoms with Crippen molar-refractivity contribution in [3.8, 4) is 0 Å². The van der Waals surface area contributed by atoms with E-state index in [0.29, 0.717) is 6.04 Å². The molecule has 0 aliphatic carbocycles. The first kappa shape index (κ1) is 11.5. The monoisotopic (exact) mass is 236 g/mol. The van der Waals surface area contributed by atoms with Crippen molar-refractivity contribution >= 4 is 22.5 Å². The van der Waals surface area contributed by atoms with Crippen LogP contribution in [0.4, 0.5) is 0 Å². The average Bonchev–Trinajstić information content (AvgIpc) is 2.58. The lowest BCUT2D eigenvalue weighted by atomic mass is 10.2. The lowest BCUT2D eigenvalue weighted by Gasteiger charge is -2.17. The number of nitrogens with two attached hydrogens (primary N) is 1. The van der Waals surface area contributed by atoms with Crippen molar-refractivity contribution in [3.05, 3.63) is 35.0 Å². The van der Waals surface area contributed by atoms with E-state index in [1.54, 1.807) is 0 Å². The molecule has 1 aromatic carbocycles. The van der Waals surface area contributed by atoms with E-state index in [9.17, 15) is 0 Å². The van der Waals surface area contributed by atoms with Gasteiger partial charge in [-0.1, -0.05) is 23.7 Å². The Morgan fingerprint density at radius 2 is 1.94 bits per heavy atom. The van der Waals surface area contributed by atoms with Crippen molar-refractivity contribution in [3.63, 3.8) is 0 Å². The van der Waals surface area contributed by atoms with Gasteiger partial charge in [0.15, 0.2) is 0 Å². The standard InChI is InChI=1S/C13H17ClN2/c1-8(2)16-12(9(3)15)7-10-5-4-6-11(14)13(10)16/h4-9H,15H2,1-3H3. The number of nitrogens with zero attached hydrogens (tertiary/aromatic N) is 1. The lowest BCUT2D eigenvalue weighted by molar-refractivity contribution is 0.571. The molecule has 0 aliphatic rings. The maximum atomic E-state index is 6.26. The van der Waals surface area contributed by atoms with Crippen molar-refractivity contribution < 1.29 is 0 Å². The number of benzene rings is 1. The van der Waals surface area contributed by atoms with Crippen LogP contribution in [0.15, 0.2) is 24.3 Å². The Balaban J connectivity index is 2.83. The molecule has 0 bridgehead atoms. The molecule has 86 valence electrons. The number of aromatic nitrogens is 1. The summed E-state index contributed by atoms with van der Waals surface area (Å²) in [6.07, 6.45) is 0. The molecule has 0 fully saturated rings. The summed E-state index contributed by atoms with van der Waals surface area (Å²) >= 11 is 6.26. The molecule has 0 amide bonds. The van der Waals surface area contributed by atoms with E-state index in [0.717, 1.165) is 21.6 Å². The number of hydrogen-bond acceptors (Lipinski definition) is 1. The van der Waals surface area contributed by atoms with Gasteiger partial charge in [0.2, 0.25) is 0 Å². The molecule has 1 atom stereocenters. The van der Waals surface area contributed by atoms with Crippen molar-refractivity contribution in [2.75, 3.05) is 0 Å². The minimum atomic E-state index is 0.0193. The second kappa shape index (κ2) is 4.11. The molecular weight excluding hydrogens is 220 g/mol. The Morgan fingerprint density at radius 3 is 2.50 bits per heavy atom. The van der Waals surface area contributed by atoms with Gasteiger partial charge in [-0.25, -0.2) is 0 Å². The minimum absolute atomic E-state index is 0.0193. The van der Waals surface area contributed by atoms with Gasteiger partial charge in [0, 0.05) is 23.2 Å². The normalized spacial score (nSPS) is 13.6. The van der Waals surface area contributed by atoms with Crippen LogP contribution in [0.25, 0.3) is 10.9 Å². The summed E-state index contributed by atoms with van der Waals surface area (Å²) < 4.78 is 2.22. The van der Waals surface area contributed by atoms with Crippen LogP contribution in [-0.4, -0.2) is 4.57 Å². The van der Waals surface area contributed by atoms with Crippen LogP contribution >= 0.6 is 11.6 Å². The number of hydrogen-bond donors (Lipinski definition) is 1. The fraction of sp³-hybridized carbons (Fsp3) is 0.385. The zero-order valence-electron chi connectivity index (χ0n) is 9.87. The summed E-state index contributed by atoms with van der Waals surface area (Å²) in [6, 6.07) is 8.48. The number of rotatable bonds is 2. The Morgan fingerprint density at radius 1 is 1.25 bits per heavy atom. The Kier molecular flexibility index (Phi) is 2.96. The second-order valence-electron chi connectivity index (χ2n) is 4.50. The van der Waals surface area contributed by atoms with Crippen LogP contribution in [-0.2, 0) is 0 Å². The lowest BCUT2D eigenvalue weighted by Crippen LogP contribution is -2.13. The molecule has 16 heavy (non-hydrogen) atoms. The van der Waals surface area contributed by atoms with Crippen molar-refractivity contribution in [2.24, 2.45) is 5.73 Å². The highest BCUT2D eigenvalue weighted by molar-refractivity contribution is 6.35. The highest BCUT2D eigenvalue weighted by atomic mass is 35.5. The van der Waals surface area contributed by atoms with Crippen LogP contribution in [0.2, 0.25) is 5.02 Å². The minimum Gasteiger partial charge on any atom is -0.339 e. The molecule has 0 saturated heterocycles. The van der Waals surface area contributed by atoms with Crippen LogP contribution < -0.4 is 5.73 Å². The number of halogens is 1. The fourth-order valence-electron chi connectivity index (χ4n) is 2.17. The molecular formula is C13H17ClN2. The topological polar surface area (TPSA) is 30.9 Å². The molecule has 3 heteroatoms. The molecule has 0 spiro atoms. The van der Waals surface area contributed by atoms with E-state index >= 15 is 0 Å². The van der Waals surface area contributed by atoms with Gasteiger partial charge < -0.3 is 10.3 Å². The van der Waals surface area contributed by atoms with Crippen LogP contribution in [0.3, 0.4) is 0 Å². The first-order valence-electron chi connectivity index (χ1n) is 5.57. The smallest absolute Gasteiger partial charge is 0.0674 e. The zero-order valence-corrected chi connectivity index (χ0v) is 10.6. The molecule has 0 radical (unpaired) electrons. The second-order valence-corrected chi connectivity index (χ2v) is 4.91. The molecule has 2 aromatic rings. The fourth-order valence-corrected chi connectivity index (χ4v) is 2.44. The van der Waals surface area contributed by atoms with E-state index in [1.165, 1.54) is 0 Å². The SMILES string of the molecule is CC(N)c1cc2cccc(Cl)c2n1C(C)C.